The van der Waals surface area contributed by atoms with E-state index in [1.165, 1.54) is 6.07 Å². The lowest BCUT2D eigenvalue weighted by atomic mass is 10.1. The van der Waals surface area contributed by atoms with Crippen LogP contribution in [0, 0.1) is 5.82 Å². The molecule has 2 rings (SSSR count). The van der Waals surface area contributed by atoms with Gasteiger partial charge in [0.05, 0.1) is 11.5 Å². The first kappa shape index (κ1) is 13.0. The second-order valence-corrected chi connectivity index (χ2v) is 7.43. The van der Waals surface area contributed by atoms with Gasteiger partial charge in [-0.3, -0.25) is 0 Å². The van der Waals surface area contributed by atoms with Crippen molar-refractivity contribution in [3.05, 3.63) is 34.1 Å². The molecule has 3 nitrogen and oxygen atoms in total. The molecule has 1 aromatic carbocycles. The third kappa shape index (κ3) is 3.05. The fourth-order valence-electron chi connectivity index (χ4n) is 2.11. The zero-order chi connectivity index (χ0) is 12.6. The van der Waals surface area contributed by atoms with Crippen LogP contribution < -0.4 is 5.32 Å². The van der Waals surface area contributed by atoms with E-state index in [2.05, 4.69) is 21.2 Å². The zero-order valence-corrected chi connectivity index (χ0v) is 11.7. The Morgan fingerprint density at radius 2 is 2.12 bits per heavy atom. The van der Waals surface area contributed by atoms with E-state index in [0.717, 1.165) is 0 Å². The molecule has 1 fully saturated rings. The zero-order valence-electron chi connectivity index (χ0n) is 9.28. The molecule has 1 saturated heterocycles. The van der Waals surface area contributed by atoms with Gasteiger partial charge in [-0.1, -0.05) is 22.0 Å². The van der Waals surface area contributed by atoms with Crippen LogP contribution in [0.3, 0.4) is 0 Å². The van der Waals surface area contributed by atoms with Gasteiger partial charge in [0.2, 0.25) is 0 Å². The van der Waals surface area contributed by atoms with Gasteiger partial charge < -0.3 is 5.32 Å². The van der Waals surface area contributed by atoms with Crippen LogP contribution in [-0.4, -0.2) is 26.0 Å². The summed E-state index contributed by atoms with van der Waals surface area (Å²) in [6, 6.07) is 4.07. The second-order valence-electron chi connectivity index (χ2n) is 4.36. The summed E-state index contributed by atoms with van der Waals surface area (Å²) in [5.41, 5.74) is 0.406. The van der Waals surface area contributed by atoms with E-state index in [9.17, 15) is 12.8 Å². The molecule has 1 aliphatic rings. The summed E-state index contributed by atoms with van der Waals surface area (Å²) < 4.78 is 37.7. The van der Waals surface area contributed by atoms with Gasteiger partial charge in [-0.15, -0.1) is 0 Å². The highest BCUT2D eigenvalue weighted by atomic mass is 79.9. The highest BCUT2D eigenvalue weighted by Gasteiger charge is 2.31. The first-order chi connectivity index (χ1) is 7.87. The number of benzene rings is 1. The maximum absolute atomic E-state index is 13.7. The van der Waals surface area contributed by atoms with Crippen molar-refractivity contribution in [2.75, 3.05) is 11.5 Å². The van der Waals surface area contributed by atoms with Crippen molar-refractivity contribution in [2.45, 2.75) is 19.0 Å². The standard InChI is InChI=1S/C11H13BrFNO2S/c1-7-5-17(15,16)6-11(14-7)9-3-2-8(12)4-10(9)13/h2-4,7,11,14H,5-6H2,1H3. The van der Waals surface area contributed by atoms with E-state index in [4.69, 9.17) is 0 Å². The molecule has 0 spiro atoms. The molecule has 0 aliphatic carbocycles. The number of rotatable bonds is 1. The molecule has 17 heavy (non-hydrogen) atoms. The lowest BCUT2D eigenvalue weighted by Crippen LogP contribution is -2.45. The Morgan fingerprint density at radius 3 is 2.71 bits per heavy atom. The minimum absolute atomic E-state index is 0.0457. The summed E-state index contributed by atoms with van der Waals surface area (Å²) in [5.74, 6) is -0.321. The van der Waals surface area contributed by atoms with Crippen LogP contribution in [0.15, 0.2) is 22.7 Å². The van der Waals surface area contributed by atoms with E-state index >= 15 is 0 Å². The smallest absolute Gasteiger partial charge is 0.153 e. The van der Waals surface area contributed by atoms with Gasteiger partial charge >= 0.3 is 0 Å². The van der Waals surface area contributed by atoms with Gasteiger partial charge in [0.1, 0.15) is 5.82 Å². The predicted molar refractivity (Wildman–Crippen MR) is 68.1 cm³/mol. The van der Waals surface area contributed by atoms with Crippen molar-refractivity contribution in [2.24, 2.45) is 0 Å². The average molecular weight is 322 g/mol. The topological polar surface area (TPSA) is 46.2 Å². The van der Waals surface area contributed by atoms with Crippen molar-refractivity contribution in [3.63, 3.8) is 0 Å². The summed E-state index contributed by atoms with van der Waals surface area (Å²) >= 11 is 3.18. The molecule has 1 aromatic rings. The minimum atomic E-state index is -3.10. The van der Waals surface area contributed by atoms with Crippen molar-refractivity contribution in [1.82, 2.24) is 5.32 Å². The summed E-state index contributed by atoms with van der Waals surface area (Å²) in [6.07, 6.45) is 0. The lowest BCUT2D eigenvalue weighted by Gasteiger charge is -2.29. The maximum Gasteiger partial charge on any atom is 0.153 e. The Kier molecular flexibility index (Phi) is 3.56. The summed E-state index contributed by atoms with van der Waals surface area (Å²) in [4.78, 5) is 0. The summed E-state index contributed by atoms with van der Waals surface area (Å²) in [6.45, 7) is 1.79. The molecular formula is C11H13BrFNO2S. The Labute approximate surface area is 108 Å². The highest BCUT2D eigenvalue weighted by molar-refractivity contribution is 9.10. The van der Waals surface area contributed by atoms with Gasteiger partial charge in [-0.05, 0) is 19.1 Å². The molecule has 0 radical (unpaired) electrons. The SMILES string of the molecule is CC1CS(=O)(=O)CC(c2ccc(Br)cc2F)N1. The Morgan fingerprint density at radius 1 is 1.41 bits per heavy atom. The number of hydrogen-bond acceptors (Lipinski definition) is 3. The van der Waals surface area contributed by atoms with E-state index in [0.29, 0.717) is 10.0 Å². The summed E-state index contributed by atoms with van der Waals surface area (Å²) in [5, 5.41) is 3.11. The third-order valence-electron chi connectivity index (χ3n) is 2.75. The van der Waals surface area contributed by atoms with Crippen molar-refractivity contribution >= 4 is 25.8 Å². The molecule has 0 aromatic heterocycles. The molecule has 94 valence electrons. The molecule has 0 bridgehead atoms. The number of nitrogens with one attached hydrogen (secondary N) is 1. The molecule has 1 aliphatic heterocycles. The van der Waals surface area contributed by atoms with Crippen LogP contribution in [-0.2, 0) is 9.84 Å². The number of sulfone groups is 1. The van der Waals surface area contributed by atoms with Gasteiger partial charge in [0.15, 0.2) is 9.84 Å². The van der Waals surface area contributed by atoms with Crippen LogP contribution >= 0.6 is 15.9 Å². The average Bonchev–Trinajstić information content (AvgIpc) is 2.13. The van der Waals surface area contributed by atoms with Gasteiger partial charge in [-0.25, -0.2) is 12.8 Å². The first-order valence-corrected chi connectivity index (χ1v) is 7.90. The Hall–Kier alpha value is -0.460. The van der Waals surface area contributed by atoms with Crippen LogP contribution in [0.5, 0.6) is 0 Å². The monoisotopic (exact) mass is 321 g/mol. The van der Waals surface area contributed by atoms with E-state index in [1.54, 1.807) is 19.1 Å². The van der Waals surface area contributed by atoms with Crippen molar-refractivity contribution in [3.8, 4) is 0 Å². The normalized spacial score (nSPS) is 27.9. The first-order valence-electron chi connectivity index (χ1n) is 5.29. The third-order valence-corrected chi connectivity index (χ3v) is 5.09. The highest BCUT2D eigenvalue weighted by Crippen LogP contribution is 2.25. The molecule has 0 amide bonds. The quantitative estimate of drug-likeness (QED) is 0.861. The van der Waals surface area contributed by atoms with E-state index in [-0.39, 0.29) is 23.4 Å². The molecule has 1 heterocycles. The summed E-state index contributed by atoms with van der Waals surface area (Å²) in [7, 11) is -3.10. The predicted octanol–water partition coefficient (Wildman–Crippen LogP) is 2.04. The fraction of sp³-hybridized carbons (Fsp3) is 0.455. The van der Waals surface area contributed by atoms with E-state index < -0.39 is 15.9 Å². The molecule has 2 atom stereocenters. The molecule has 6 heteroatoms. The Bertz CT molecular complexity index is 532. The van der Waals surface area contributed by atoms with E-state index in [1.807, 2.05) is 0 Å². The second kappa shape index (κ2) is 4.66. The van der Waals surface area contributed by atoms with Crippen molar-refractivity contribution < 1.29 is 12.8 Å². The number of halogens is 2. The van der Waals surface area contributed by atoms with Gasteiger partial charge in [-0.2, -0.15) is 0 Å². The molecule has 2 unspecified atom stereocenters. The van der Waals surface area contributed by atoms with Gasteiger partial charge in [0.25, 0.3) is 0 Å². The minimum Gasteiger partial charge on any atom is -0.305 e. The van der Waals surface area contributed by atoms with Crippen LogP contribution in [0.25, 0.3) is 0 Å². The number of hydrogen-bond donors (Lipinski definition) is 1. The van der Waals surface area contributed by atoms with Gasteiger partial charge in [0, 0.05) is 22.1 Å². The Balaban J connectivity index is 2.33. The molecular weight excluding hydrogens is 309 g/mol. The maximum atomic E-state index is 13.7. The van der Waals surface area contributed by atoms with Crippen LogP contribution in [0.2, 0.25) is 0 Å². The molecule has 0 saturated carbocycles. The van der Waals surface area contributed by atoms with Crippen molar-refractivity contribution in [1.29, 1.82) is 0 Å². The fourth-order valence-corrected chi connectivity index (χ4v) is 4.22. The lowest BCUT2D eigenvalue weighted by molar-refractivity contribution is 0.454. The van der Waals surface area contributed by atoms with Crippen LogP contribution in [0.4, 0.5) is 4.39 Å². The largest absolute Gasteiger partial charge is 0.305 e. The van der Waals surface area contributed by atoms with Crippen LogP contribution in [0.1, 0.15) is 18.5 Å². The molecule has 1 N–H and O–H groups in total.